The first-order valence-corrected chi connectivity index (χ1v) is 8.69. The van der Waals surface area contributed by atoms with E-state index < -0.39 is 0 Å². The molecule has 1 saturated heterocycles. The molecule has 1 fully saturated rings. The molecule has 7 heteroatoms. The van der Waals surface area contributed by atoms with Crippen molar-refractivity contribution in [1.82, 2.24) is 24.6 Å². The molecule has 3 aromatic rings. The van der Waals surface area contributed by atoms with Gasteiger partial charge in [0.25, 0.3) is 5.56 Å². The zero-order chi connectivity index (χ0) is 16.0. The molecule has 0 bridgehead atoms. The third-order valence-electron chi connectivity index (χ3n) is 4.38. The molecule has 0 saturated carbocycles. The lowest BCUT2D eigenvalue weighted by Crippen LogP contribution is -2.24. The van der Waals surface area contributed by atoms with Gasteiger partial charge in [0.1, 0.15) is 10.5 Å². The highest BCUT2D eigenvalue weighted by Gasteiger charge is 2.26. The molecule has 120 valence electrons. The van der Waals surface area contributed by atoms with Crippen LogP contribution in [0.25, 0.3) is 10.2 Å². The minimum absolute atomic E-state index is 0.0331. The zero-order valence-electron chi connectivity index (χ0n) is 13.2. The number of nitrogens with zero attached hydrogens (tertiary/aromatic N) is 4. The van der Waals surface area contributed by atoms with Crippen LogP contribution >= 0.6 is 11.3 Å². The van der Waals surface area contributed by atoms with E-state index in [2.05, 4.69) is 37.6 Å². The van der Waals surface area contributed by atoms with Gasteiger partial charge in [0.15, 0.2) is 0 Å². The Hall–Kier alpha value is -1.99. The highest BCUT2D eigenvalue weighted by atomic mass is 32.1. The van der Waals surface area contributed by atoms with E-state index in [0.29, 0.717) is 17.3 Å². The number of nitrogens with one attached hydrogen (secondary N) is 1. The van der Waals surface area contributed by atoms with E-state index in [1.54, 1.807) is 0 Å². The Labute approximate surface area is 137 Å². The van der Waals surface area contributed by atoms with Crippen molar-refractivity contribution < 1.29 is 0 Å². The Kier molecular flexibility index (Phi) is 3.54. The summed E-state index contributed by atoms with van der Waals surface area (Å²) < 4.78 is 2.84. The van der Waals surface area contributed by atoms with E-state index >= 15 is 0 Å². The summed E-state index contributed by atoms with van der Waals surface area (Å²) in [6.07, 6.45) is 1.08. The fourth-order valence-corrected chi connectivity index (χ4v) is 4.11. The van der Waals surface area contributed by atoms with Gasteiger partial charge < -0.3 is 4.98 Å². The van der Waals surface area contributed by atoms with Crippen LogP contribution in [0.3, 0.4) is 0 Å². The normalized spacial score (nSPS) is 19.0. The van der Waals surface area contributed by atoms with Gasteiger partial charge in [-0.25, -0.2) is 4.98 Å². The summed E-state index contributed by atoms with van der Waals surface area (Å²) >= 11 is 1.44. The molecule has 4 rings (SSSR count). The number of aromatic nitrogens is 4. The van der Waals surface area contributed by atoms with Gasteiger partial charge in [-0.1, -0.05) is 0 Å². The van der Waals surface area contributed by atoms with Gasteiger partial charge in [-0.3, -0.25) is 14.4 Å². The first-order chi connectivity index (χ1) is 11.1. The molecule has 1 aliphatic rings. The van der Waals surface area contributed by atoms with Gasteiger partial charge in [-0.15, -0.1) is 11.3 Å². The van der Waals surface area contributed by atoms with Crippen molar-refractivity contribution in [2.75, 3.05) is 13.1 Å². The van der Waals surface area contributed by atoms with E-state index in [1.165, 1.54) is 17.0 Å². The van der Waals surface area contributed by atoms with Crippen LogP contribution in [0.5, 0.6) is 0 Å². The van der Waals surface area contributed by atoms with Crippen molar-refractivity contribution in [1.29, 1.82) is 0 Å². The molecule has 0 radical (unpaired) electrons. The highest BCUT2D eigenvalue weighted by Crippen LogP contribution is 2.24. The van der Waals surface area contributed by atoms with Crippen LogP contribution in [0.1, 0.15) is 29.7 Å². The first kappa shape index (κ1) is 14.6. The quantitative estimate of drug-likeness (QED) is 0.800. The summed E-state index contributed by atoms with van der Waals surface area (Å²) in [7, 11) is 0. The maximum atomic E-state index is 12.0. The van der Waals surface area contributed by atoms with Crippen molar-refractivity contribution in [3.8, 4) is 0 Å². The number of aromatic amines is 1. The van der Waals surface area contributed by atoms with Gasteiger partial charge in [0.2, 0.25) is 0 Å². The van der Waals surface area contributed by atoms with Crippen molar-refractivity contribution in [3.63, 3.8) is 0 Å². The number of fused-ring (bicyclic) bond motifs is 1. The third-order valence-corrected chi connectivity index (χ3v) is 5.28. The van der Waals surface area contributed by atoms with Crippen molar-refractivity contribution >= 4 is 21.6 Å². The molecular formula is C16H19N5OS. The largest absolute Gasteiger partial charge is 0.308 e. The molecule has 1 N–H and O–H groups in total. The molecule has 0 aromatic carbocycles. The highest BCUT2D eigenvalue weighted by molar-refractivity contribution is 7.17. The molecular weight excluding hydrogens is 310 g/mol. The molecule has 23 heavy (non-hydrogen) atoms. The second-order valence-corrected chi connectivity index (χ2v) is 7.11. The van der Waals surface area contributed by atoms with Crippen molar-refractivity contribution in [2.45, 2.75) is 32.9 Å². The van der Waals surface area contributed by atoms with Crippen LogP contribution in [0, 0.1) is 13.8 Å². The minimum Gasteiger partial charge on any atom is -0.308 e. The predicted molar refractivity (Wildman–Crippen MR) is 90.9 cm³/mol. The Morgan fingerprint density at radius 3 is 3.09 bits per heavy atom. The van der Waals surface area contributed by atoms with E-state index in [9.17, 15) is 4.79 Å². The van der Waals surface area contributed by atoms with Crippen molar-refractivity contribution in [3.05, 3.63) is 45.1 Å². The Morgan fingerprint density at radius 1 is 1.43 bits per heavy atom. The molecule has 0 amide bonds. The topological polar surface area (TPSA) is 66.8 Å². The zero-order valence-corrected chi connectivity index (χ0v) is 14.1. The lowest BCUT2D eigenvalue weighted by atomic mass is 10.2. The summed E-state index contributed by atoms with van der Waals surface area (Å²) in [6, 6.07) is 4.42. The van der Waals surface area contributed by atoms with E-state index in [0.717, 1.165) is 36.5 Å². The smallest absolute Gasteiger partial charge is 0.268 e. The van der Waals surface area contributed by atoms with Crippen LogP contribution in [-0.4, -0.2) is 37.7 Å². The fraction of sp³-hybridized carbons (Fsp3) is 0.438. The van der Waals surface area contributed by atoms with Crippen LogP contribution in [-0.2, 0) is 6.54 Å². The van der Waals surface area contributed by atoms with E-state index in [4.69, 9.17) is 0 Å². The maximum Gasteiger partial charge on any atom is 0.268 e. The summed E-state index contributed by atoms with van der Waals surface area (Å²) in [5.74, 6) is 0.745. The van der Waals surface area contributed by atoms with E-state index in [-0.39, 0.29) is 5.56 Å². The molecule has 1 aliphatic heterocycles. The van der Waals surface area contributed by atoms with Crippen LogP contribution in [0.4, 0.5) is 0 Å². The molecule has 4 heterocycles. The summed E-state index contributed by atoms with van der Waals surface area (Å²) in [5, 5.41) is 6.51. The molecule has 0 aliphatic carbocycles. The number of H-pyrrole nitrogens is 1. The Bertz CT molecular complexity index is 909. The SMILES string of the molecule is Cc1cc(C)n([C@@H]2CCN(Cc3nc4ccsc4c(=O)[nH]3)C2)n1. The third kappa shape index (κ3) is 2.70. The van der Waals surface area contributed by atoms with Crippen LogP contribution < -0.4 is 5.56 Å². The van der Waals surface area contributed by atoms with Crippen molar-refractivity contribution in [2.24, 2.45) is 0 Å². The molecule has 0 unspecified atom stereocenters. The first-order valence-electron chi connectivity index (χ1n) is 7.81. The standard InChI is InChI=1S/C16H19N5OS/c1-10-7-11(2)21(19-10)12-3-5-20(8-12)9-14-17-13-4-6-23-15(13)16(22)18-14/h4,6-7,12H,3,5,8-9H2,1-2H3,(H,17,18,22)/t12-/m1/s1. The fourth-order valence-electron chi connectivity index (χ4n) is 3.38. The Balaban J connectivity index is 1.51. The lowest BCUT2D eigenvalue weighted by molar-refractivity contribution is 0.303. The van der Waals surface area contributed by atoms with E-state index in [1.807, 2.05) is 18.4 Å². The minimum atomic E-state index is -0.0331. The second kappa shape index (κ2) is 5.58. The summed E-state index contributed by atoms with van der Waals surface area (Å²) in [5.41, 5.74) is 3.03. The van der Waals surface area contributed by atoms with Gasteiger partial charge in [0, 0.05) is 18.8 Å². The number of aryl methyl sites for hydroxylation is 2. The Morgan fingerprint density at radius 2 is 2.30 bits per heavy atom. The number of rotatable bonds is 3. The summed E-state index contributed by atoms with van der Waals surface area (Å²) in [6.45, 7) is 6.74. The molecule has 3 aromatic heterocycles. The number of likely N-dealkylation sites (tertiary alicyclic amines) is 1. The average molecular weight is 329 g/mol. The van der Waals surface area contributed by atoms with Gasteiger partial charge in [0.05, 0.1) is 23.8 Å². The number of hydrogen-bond donors (Lipinski definition) is 1. The van der Waals surface area contributed by atoms with Gasteiger partial charge in [-0.05, 0) is 37.8 Å². The van der Waals surface area contributed by atoms with Gasteiger partial charge in [-0.2, -0.15) is 5.10 Å². The monoisotopic (exact) mass is 329 g/mol. The lowest BCUT2D eigenvalue weighted by Gasteiger charge is -2.16. The maximum absolute atomic E-state index is 12.0. The number of hydrogen-bond acceptors (Lipinski definition) is 5. The number of thiophene rings is 1. The summed E-state index contributed by atoms with van der Waals surface area (Å²) in [4.78, 5) is 21.9. The second-order valence-electron chi connectivity index (χ2n) is 6.20. The van der Waals surface area contributed by atoms with Crippen LogP contribution in [0.15, 0.2) is 22.3 Å². The van der Waals surface area contributed by atoms with Crippen LogP contribution in [0.2, 0.25) is 0 Å². The molecule has 1 atom stereocenters. The predicted octanol–water partition coefficient (Wildman–Crippen LogP) is 2.24. The average Bonchev–Trinajstić information content (AvgIpc) is 3.19. The molecule has 6 nitrogen and oxygen atoms in total. The van der Waals surface area contributed by atoms with Gasteiger partial charge >= 0.3 is 0 Å². The molecule has 0 spiro atoms.